The molecule has 2 aromatic heterocycles. The zero-order valence-corrected chi connectivity index (χ0v) is 17.7. The molecule has 0 radical (unpaired) electrons. The molecule has 1 aliphatic rings. The smallest absolute Gasteiger partial charge is 0.262 e. The van der Waals surface area contributed by atoms with Gasteiger partial charge < -0.3 is 4.90 Å². The number of amides is 1. The number of nitrogens with zero attached hydrogens (tertiary/aromatic N) is 3. The number of rotatable bonds is 3. The van der Waals surface area contributed by atoms with E-state index in [1.165, 1.54) is 0 Å². The van der Waals surface area contributed by atoms with E-state index in [1.807, 2.05) is 66.4 Å². The van der Waals surface area contributed by atoms with E-state index < -0.39 is 0 Å². The van der Waals surface area contributed by atoms with Crippen LogP contribution in [0.5, 0.6) is 0 Å². The summed E-state index contributed by atoms with van der Waals surface area (Å²) in [6.45, 7) is 2.02. The maximum Gasteiger partial charge on any atom is 0.262 e. The van der Waals surface area contributed by atoms with Crippen LogP contribution in [0.3, 0.4) is 0 Å². The maximum atomic E-state index is 13.5. The molecular formula is C23H19N3OS2. The molecule has 0 saturated carbocycles. The Morgan fingerprint density at radius 3 is 2.48 bits per heavy atom. The first-order valence-electron chi connectivity index (χ1n) is 9.36. The molecule has 0 saturated heterocycles. The fraction of sp³-hybridized carbons (Fsp3) is 0.130. The first-order valence-corrected chi connectivity index (χ1v) is 11.1. The average Bonchev–Trinajstić information content (AvgIpc) is 3.40. The summed E-state index contributed by atoms with van der Waals surface area (Å²) in [6, 6.07) is 21.9. The second-order valence-corrected chi connectivity index (χ2v) is 9.14. The molecule has 1 amide bonds. The first kappa shape index (κ1) is 18.1. The van der Waals surface area contributed by atoms with Crippen molar-refractivity contribution in [3.05, 3.63) is 87.6 Å². The molecular weight excluding hydrogens is 398 g/mol. The second kappa shape index (κ2) is 7.13. The first-order chi connectivity index (χ1) is 14.1. The highest BCUT2D eigenvalue weighted by Crippen LogP contribution is 2.43. The van der Waals surface area contributed by atoms with E-state index in [0.29, 0.717) is 0 Å². The Kier molecular flexibility index (Phi) is 4.45. The van der Waals surface area contributed by atoms with E-state index in [2.05, 4.69) is 34.4 Å². The maximum absolute atomic E-state index is 13.5. The third-order valence-corrected chi connectivity index (χ3v) is 7.05. The van der Waals surface area contributed by atoms with Crippen molar-refractivity contribution >= 4 is 40.0 Å². The SMILES string of the molecule is Cc1nc(-c2ccc([C@@H]3N(C)c4ccccc4C(=O)N3c3ccccc3)s2)cs1. The Morgan fingerprint density at radius 2 is 1.72 bits per heavy atom. The van der Waals surface area contributed by atoms with E-state index in [4.69, 9.17) is 0 Å². The lowest BCUT2D eigenvalue weighted by Gasteiger charge is -2.43. The Bertz CT molecular complexity index is 1180. The number of benzene rings is 2. The van der Waals surface area contributed by atoms with Crippen molar-refractivity contribution in [1.29, 1.82) is 0 Å². The molecule has 4 aromatic rings. The van der Waals surface area contributed by atoms with Gasteiger partial charge in [0.15, 0.2) is 0 Å². The molecule has 0 fully saturated rings. The fourth-order valence-corrected chi connectivity index (χ4v) is 5.57. The van der Waals surface area contributed by atoms with Crippen molar-refractivity contribution in [3.8, 4) is 10.6 Å². The van der Waals surface area contributed by atoms with Crippen molar-refractivity contribution in [2.45, 2.75) is 13.1 Å². The van der Waals surface area contributed by atoms with Crippen LogP contribution in [-0.2, 0) is 0 Å². The largest absolute Gasteiger partial charge is 0.349 e. The van der Waals surface area contributed by atoms with E-state index in [0.717, 1.165) is 37.4 Å². The van der Waals surface area contributed by atoms with E-state index in [-0.39, 0.29) is 12.1 Å². The van der Waals surface area contributed by atoms with Crippen molar-refractivity contribution in [3.63, 3.8) is 0 Å². The molecule has 0 unspecified atom stereocenters. The minimum absolute atomic E-state index is 0.0225. The van der Waals surface area contributed by atoms with Crippen LogP contribution >= 0.6 is 22.7 Å². The Hall–Kier alpha value is -2.96. The number of thiazole rings is 1. The van der Waals surface area contributed by atoms with Gasteiger partial charge in [-0.25, -0.2) is 4.98 Å². The number of aryl methyl sites for hydroxylation is 1. The number of thiophene rings is 1. The van der Waals surface area contributed by atoms with Crippen LogP contribution in [-0.4, -0.2) is 17.9 Å². The summed E-state index contributed by atoms with van der Waals surface area (Å²) in [7, 11) is 2.05. The average molecular weight is 418 g/mol. The molecule has 5 rings (SSSR count). The summed E-state index contributed by atoms with van der Waals surface area (Å²) in [6.07, 6.45) is -0.210. The lowest BCUT2D eigenvalue weighted by atomic mass is 10.0. The number of aromatic nitrogens is 1. The molecule has 3 heterocycles. The van der Waals surface area contributed by atoms with Crippen LogP contribution in [0.4, 0.5) is 11.4 Å². The Morgan fingerprint density at radius 1 is 0.966 bits per heavy atom. The van der Waals surface area contributed by atoms with Crippen LogP contribution in [0.15, 0.2) is 72.1 Å². The standard InChI is InChI=1S/C23H19N3OS2/c1-15-24-18(14-28-15)20-12-13-21(29-20)22-25(2)19-11-7-6-10-17(19)23(27)26(22)16-8-4-3-5-9-16/h3-14,22H,1-2H3/t22-/m1/s1. The van der Waals surface area contributed by atoms with Crippen molar-refractivity contribution in [2.24, 2.45) is 0 Å². The van der Waals surface area contributed by atoms with Gasteiger partial charge in [0.25, 0.3) is 5.91 Å². The van der Waals surface area contributed by atoms with Crippen molar-refractivity contribution in [2.75, 3.05) is 16.8 Å². The van der Waals surface area contributed by atoms with Crippen LogP contribution < -0.4 is 9.80 Å². The molecule has 1 atom stereocenters. The third-order valence-electron chi connectivity index (χ3n) is 5.13. The lowest BCUT2D eigenvalue weighted by molar-refractivity contribution is 0.0970. The minimum atomic E-state index is -0.210. The second-order valence-electron chi connectivity index (χ2n) is 6.97. The number of hydrogen-bond donors (Lipinski definition) is 0. The van der Waals surface area contributed by atoms with Gasteiger partial charge >= 0.3 is 0 Å². The highest BCUT2D eigenvalue weighted by molar-refractivity contribution is 7.16. The highest BCUT2D eigenvalue weighted by atomic mass is 32.1. The zero-order chi connectivity index (χ0) is 20.0. The summed E-state index contributed by atoms with van der Waals surface area (Å²) in [4.78, 5) is 24.5. The van der Waals surface area contributed by atoms with Gasteiger partial charge in [-0.2, -0.15) is 0 Å². The monoisotopic (exact) mass is 417 g/mol. The normalized spacial score (nSPS) is 16.2. The zero-order valence-electron chi connectivity index (χ0n) is 16.1. The fourth-order valence-electron chi connectivity index (χ4n) is 3.78. The molecule has 0 spiro atoms. The van der Waals surface area contributed by atoms with Gasteiger partial charge in [-0.3, -0.25) is 9.69 Å². The topological polar surface area (TPSA) is 36.4 Å². The number of carbonyl (C=O) groups is 1. The number of anilines is 2. The predicted octanol–water partition coefficient (Wildman–Crippen LogP) is 5.98. The summed E-state index contributed by atoms with van der Waals surface area (Å²) >= 11 is 3.35. The Balaban J connectivity index is 1.64. The number of fused-ring (bicyclic) bond motifs is 1. The summed E-state index contributed by atoms with van der Waals surface area (Å²) in [5.41, 5.74) is 3.57. The number of para-hydroxylation sites is 2. The van der Waals surface area contributed by atoms with Gasteiger partial charge in [0.2, 0.25) is 0 Å². The lowest BCUT2D eigenvalue weighted by Crippen LogP contribution is -2.47. The molecule has 29 heavy (non-hydrogen) atoms. The van der Waals surface area contributed by atoms with Crippen molar-refractivity contribution < 1.29 is 4.79 Å². The van der Waals surface area contributed by atoms with E-state index in [9.17, 15) is 4.79 Å². The molecule has 1 aliphatic heterocycles. The van der Waals surface area contributed by atoms with Gasteiger partial charge in [-0.05, 0) is 43.3 Å². The summed E-state index contributed by atoms with van der Waals surface area (Å²) in [5.74, 6) is 0.0225. The van der Waals surface area contributed by atoms with E-state index >= 15 is 0 Å². The highest BCUT2D eigenvalue weighted by Gasteiger charge is 2.38. The number of carbonyl (C=O) groups excluding carboxylic acids is 1. The number of hydrogen-bond acceptors (Lipinski definition) is 5. The minimum Gasteiger partial charge on any atom is -0.349 e. The van der Waals surface area contributed by atoms with Gasteiger partial charge in [0.1, 0.15) is 6.17 Å². The van der Waals surface area contributed by atoms with Crippen molar-refractivity contribution in [1.82, 2.24) is 4.98 Å². The predicted molar refractivity (Wildman–Crippen MR) is 121 cm³/mol. The molecule has 0 bridgehead atoms. The molecule has 0 N–H and O–H groups in total. The Labute approximate surface area is 177 Å². The quantitative estimate of drug-likeness (QED) is 0.412. The molecule has 144 valence electrons. The third kappa shape index (κ3) is 3.05. The summed E-state index contributed by atoms with van der Waals surface area (Å²) < 4.78 is 0. The molecule has 2 aromatic carbocycles. The van der Waals surface area contributed by atoms with Crippen LogP contribution in [0, 0.1) is 6.92 Å². The van der Waals surface area contributed by atoms with Crippen LogP contribution in [0.2, 0.25) is 0 Å². The molecule has 6 heteroatoms. The van der Waals surface area contributed by atoms with Gasteiger partial charge in [0, 0.05) is 23.0 Å². The van der Waals surface area contributed by atoms with Crippen LogP contribution in [0.25, 0.3) is 10.6 Å². The van der Waals surface area contributed by atoms with Crippen LogP contribution in [0.1, 0.15) is 26.4 Å². The molecule has 4 nitrogen and oxygen atoms in total. The van der Waals surface area contributed by atoms with Gasteiger partial charge in [0.05, 0.1) is 26.8 Å². The molecule has 0 aliphatic carbocycles. The summed E-state index contributed by atoms with van der Waals surface area (Å²) in [5, 5.41) is 3.14. The van der Waals surface area contributed by atoms with E-state index in [1.54, 1.807) is 22.7 Å². The van der Waals surface area contributed by atoms with Gasteiger partial charge in [-0.1, -0.05) is 30.3 Å². The van der Waals surface area contributed by atoms with Gasteiger partial charge in [-0.15, -0.1) is 22.7 Å².